The number of carbonyl (C=O) groups excluding carboxylic acids is 1. The van der Waals surface area contributed by atoms with Crippen molar-refractivity contribution in [2.75, 3.05) is 37.0 Å². The molecule has 3 aromatic carbocycles. The number of anilines is 2. The maximum absolute atomic E-state index is 14.4. The van der Waals surface area contributed by atoms with Crippen molar-refractivity contribution in [1.82, 2.24) is 4.90 Å². The van der Waals surface area contributed by atoms with Crippen molar-refractivity contribution in [3.63, 3.8) is 0 Å². The van der Waals surface area contributed by atoms with E-state index in [0.29, 0.717) is 16.8 Å². The topological polar surface area (TPSA) is 26.8 Å². The molecule has 1 heterocycles. The first kappa shape index (κ1) is 23.0. The van der Waals surface area contributed by atoms with Gasteiger partial charge in [0.15, 0.2) is 0 Å². The third kappa shape index (κ3) is 5.42. The number of halogens is 1. The lowest BCUT2D eigenvalue weighted by molar-refractivity contribution is 0.0958. The Kier molecular flexibility index (Phi) is 7.09. The SMILES string of the molecule is Cc1ccc(N(C(=O)c2ccccc2)C2CCN(Cc3ccc(N(C)C)cc3)CC2)cc1F. The van der Waals surface area contributed by atoms with E-state index >= 15 is 0 Å². The van der Waals surface area contributed by atoms with E-state index in [0.717, 1.165) is 32.5 Å². The van der Waals surface area contributed by atoms with Crippen LogP contribution in [0.25, 0.3) is 0 Å². The molecule has 5 heteroatoms. The van der Waals surface area contributed by atoms with Crippen molar-refractivity contribution in [1.29, 1.82) is 0 Å². The summed E-state index contributed by atoms with van der Waals surface area (Å²) in [6, 6.07) is 23.1. The van der Waals surface area contributed by atoms with Gasteiger partial charge in [0.1, 0.15) is 5.82 Å². The van der Waals surface area contributed by atoms with Gasteiger partial charge in [-0.15, -0.1) is 0 Å². The summed E-state index contributed by atoms with van der Waals surface area (Å²) in [5, 5.41) is 0. The van der Waals surface area contributed by atoms with Crippen LogP contribution in [-0.4, -0.2) is 44.0 Å². The molecule has 0 unspecified atom stereocenters. The van der Waals surface area contributed by atoms with E-state index in [9.17, 15) is 9.18 Å². The van der Waals surface area contributed by atoms with Crippen LogP contribution in [0.1, 0.15) is 34.3 Å². The lowest BCUT2D eigenvalue weighted by Gasteiger charge is -2.39. The Morgan fingerprint density at radius 2 is 1.58 bits per heavy atom. The number of amides is 1. The lowest BCUT2D eigenvalue weighted by atomic mass is 9.99. The molecule has 0 radical (unpaired) electrons. The Hall–Kier alpha value is -3.18. The van der Waals surface area contributed by atoms with Crippen molar-refractivity contribution < 1.29 is 9.18 Å². The highest BCUT2D eigenvalue weighted by molar-refractivity contribution is 6.06. The number of piperidine rings is 1. The standard InChI is InChI=1S/C28H32FN3O/c1-21-9-12-26(19-27(21)29)32(28(33)23-7-5-4-6-8-23)25-15-17-31(18-16-25)20-22-10-13-24(14-11-22)30(2)3/h4-14,19,25H,15-18,20H2,1-3H3. The zero-order valence-electron chi connectivity index (χ0n) is 19.7. The number of nitrogens with zero attached hydrogens (tertiary/aromatic N) is 3. The van der Waals surface area contributed by atoms with Crippen LogP contribution in [0, 0.1) is 12.7 Å². The molecule has 172 valence electrons. The van der Waals surface area contributed by atoms with Crippen molar-refractivity contribution in [3.8, 4) is 0 Å². The zero-order valence-corrected chi connectivity index (χ0v) is 19.7. The predicted molar refractivity (Wildman–Crippen MR) is 133 cm³/mol. The number of aryl methyl sites for hydroxylation is 1. The van der Waals surface area contributed by atoms with Crippen LogP contribution < -0.4 is 9.80 Å². The molecule has 1 aliphatic rings. The number of hydrogen-bond donors (Lipinski definition) is 0. The Morgan fingerprint density at radius 1 is 0.939 bits per heavy atom. The van der Waals surface area contributed by atoms with Crippen LogP contribution in [0.4, 0.5) is 15.8 Å². The Bertz CT molecular complexity index is 1070. The van der Waals surface area contributed by atoms with E-state index < -0.39 is 0 Å². The van der Waals surface area contributed by atoms with Gasteiger partial charge in [-0.1, -0.05) is 36.4 Å². The second kappa shape index (κ2) is 10.2. The van der Waals surface area contributed by atoms with Gasteiger partial charge in [-0.2, -0.15) is 0 Å². The number of rotatable bonds is 6. The molecule has 4 rings (SSSR count). The Balaban J connectivity index is 1.49. The first-order valence-electron chi connectivity index (χ1n) is 11.6. The molecule has 0 aliphatic carbocycles. The summed E-state index contributed by atoms with van der Waals surface area (Å²) in [7, 11) is 4.09. The predicted octanol–water partition coefficient (Wildman–Crippen LogP) is 5.51. The Morgan fingerprint density at radius 3 is 2.18 bits per heavy atom. The summed E-state index contributed by atoms with van der Waals surface area (Å²) in [5.41, 5.74) is 4.32. The summed E-state index contributed by atoms with van der Waals surface area (Å²) in [6.45, 7) is 4.43. The van der Waals surface area contributed by atoms with Gasteiger partial charge in [0.05, 0.1) is 0 Å². The van der Waals surface area contributed by atoms with Gasteiger partial charge in [-0.3, -0.25) is 9.69 Å². The fraction of sp³-hybridized carbons (Fsp3) is 0.321. The first-order valence-corrected chi connectivity index (χ1v) is 11.6. The number of carbonyl (C=O) groups is 1. The van der Waals surface area contributed by atoms with Crippen LogP contribution >= 0.6 is 0 Å². The van der Waals surface area contributed by atoms with Gasteiger partial charge in [-0.05, 0) is 67.3 Å². The van der Waals surface area contributed by atoms with Gasteiger partial charge in [0.2, 0.25) is 0 Å². The molecule has 33 heavy (non-hydrogen) atoms. The summed E-state index contributed by atoms with van der Waals surface area (Å²) in [5.74, 6) is -0.353. The summed E-state index contributed by atoms with van der Waals surface area (Å²) >= 11 is 0. The van der Waals surface area contributed by atoms with Gasteiger partial charge in [-0.25, -0.2) is 4.39 Å². The minimum atomic E-state index is -0.281. The molecule has 0 aromatic heterocycles. The molecule has 3 aromatic rings. The molecule has 1 fully saturated rings. The van der Waals surface area contributed by atoms with Crippen LogP contribution in [0.5, 0.6) is 0 Å². The molecule has 0 N–H and O–H groups in total. The monoisotopic (exact) mass is 445 g/mol. The largest absolute Gasteiger partial charge is 0.378 e. The average Bonchev–Trinajstić information content (AvgIpc) is 2.83. The maximum Gasteiger partial charge on any atom is 0.258 e. The lowest BCUT2D eigenvalue weighted by Crippen LogP contribution is -2.47. The van der Waals surface area contributed by atoms with Gasteiger partial charge < -0.3 is 9.80 Å². The highest BCUT2D eigenvalue weighted by Gasteiger charge is 2.30. The maximum atomic E-state index is 14.4. The molecule has 1 aliphatic heterocycles. The number of hydrogen-bond acceptors (Lipinski definition) is 3. The zero-order chi connectivity index (χ0) is 23.4. The molecule has 0 spiro atoms. The summed E-state index contributed by atoms with van der Waals surface area (Å²) < 4.78 is 14.4. The van der Waals surface area contributed by atoms with E-state index in [2.05, 4.69) is 34.1 Å². The summed E-state index contributed by atoms with van der Waals surface area (Å²) in [6.07, 6.45) is 1.70. The van der Waals surface area contributed by atoms with Gasteiger partial charge in [0, 0.05) is 56.7 Å². The molecular formula is C28H32FN3O. The van der Waals surface area contributed by atoms with Crippen LogP contribution in [-0.2, 0) is 6.54 Å². The van der Waals surface area contributed by atoms with Crippen molar-refractivity contribution in [3.05, 3.63) is 95.3 Å². The first-order chi connectivity index (χ1) is 15.9. The van der Waals surface area contributed by atoms with Gasteiger partial charge in [0.25, 0.3) is 5.91 Å². The molecular weight excluding hydrogens is 413 g/mol. The van der Waals surface area contributed by atoms with Crippen molar-refractivity contribution >= 4 is 17.3 Å². The molecule has 1 amide bonds. The quantitative estimate of drug-likeness (QED) is 0.500. The number of likely N-dealkylation sites (tertiary alicyclic amines) is 1. The smallest absolute Gasteiger partial charge is 0.258 e. The Labute approximate surface area is 196 Å². The van der Waals surface area contributed by atoms with Crippen LogP contribution in [0.15, 0.2) is 72.8 Å². The number of benzene rings is 3. The van der Waals surface area contributed by atoms with E-state index in [1.54, 1.807) is 17.9 Å². The van der Waals surface area contributed by atoms with E-state index in [1.165, 1.54) is 17.3 Å². The van der Waals surface area contributed by atoms with Crippen LogP contribution in [0.2, 0.25) is 0 Å². The third-order valence-electron chi connectivity index (χ3n) is 6.45. The third-order valence-corrected chi connectivity index (χ3v) is 6.45. The molecule has 1 saturated heterocycles. The highest BCUT2D eigenvalue weighted by atomic mass is 19.1. The second-order valence-electron chi connectivity index (χ2n) is 9.04. The van der Waals surface area contributed by atoms with Crippen molar-refractivity contribution in [2.45, 2.75) is 32.4 Å². The van der Waals surface area contributed by atoms with Crippen molar-refractivity contribution in [2.24, 2.45) is 0 Å². The molecule has 0 saturated carbocycles. The van der Waals surface area contributed by atoms with Gasteiger partial charge >= 0.3 is 0 Å². The fourth-order valence-corrected chi connectivity index (χ4v) is 4.44. The average molecular weight is 446 g/mol. The summed E-state index contributed by atoms with van der Waals surface area (Å²) in [4.78, 5) is 19.8. The van der Waals surface area contributed by atoms with E-state index in [4.69, 9.17) is 0 Å². The minimum Gasteiger partial charge on any atom is -0.378 e. The van der Waals surface area contributed by atoms with E-state index in [-0.39, 0.29) is 17.8 Å². The minimum absolute atomic E-state index is 0.0344. The molecule has 0 bridgehead atoms. The second-order valence-corrected chi connectivity index (χ2v) is 9.04. The van der Waals surface area contributed by atoms with Crippen LogP contribution in [0.3, 0.4) is 0 Å². The molecule has 4 nitrogen and oxygen atoms in total. The highest BCUT2D eigenvalue weighted by Crippen LogP contribution is 2.28. The molecule has 0 atom stereocenters. The normalized spacial score (nSPS) is 14.8. The fourth-order valence-electron chi connectivity index (χ4n) is 4.44. The van der Waals surface area contributed by atoms with E-state index in [1.807, 2.05) is 50.5 Å².